The third-order valence-corrected chi connectivity index (χ3v) is 8.90. The molecule has 0 atom stereocenters. The Balaban J connectivity index is 1.25. The Labute approximate surface area is 252 Å². The third-order valence-electron chi connectivity index (χ3n) is 8.00. The molecular formula is C32H30IN5O3. The summed E-state index contributed by atoms with van der Waals surface area (Å²) in [5, 5.41) is 2.30. The molecule has 4 heterocycles. The highest BCUT2D eigenvalue weighted by Crippen LogP contribution is 2.34. The van der Waals surface area contributed by atoms with Crippen LogP contribution in [-0.4, -0.2) is 69.8 Å². The second-order valence-corrected chi connectivity index (χ2v) is 11.7. The van der Waals surface area contributed by atoms with E-state index in [0.29, 0.717) is 13.1 Å². The zero-order valence-corrected chi connectivity index (χ0v) is 25.0. The summed E-state index contributed by atoms with van der Waals surface area (Å²) in [6.07, 6.45) is 6.03. The predicted octanol–water partition coefficient (Wildman–Crippen LogP) is 5.32. The van der Waals surface area contributed by atoms with E-state index in [1.807, 2.05) is 29.6 Å². The van der Waals surface area contributed by atoms with Crippen molar-refractivity contribution < 1.29 is 14.3 Å². The van der Waals surface area contributed by atoms with Crippen LogP contribution >= 0.6 is 22.6 Å². The van der Waals surface area contributed by atoms with Crippen LogP contribution in [0.5, 0.6) is 11.5 Å². The summed E-state index contributed by atoms with van der Waals surface area (Å²) in [5.74, 6) is 1.64. The highest BCUT2D eigenvalue weighted by atomic mass is 127. The number of ether oxygens (including phenoxy) is 2. The maximum absolute atomic E-state index is 14.0. The fourth-order valence-electron chi connectivity index (χ4n) is 5.71. The van der Waals surface area contributed by atoms with Gasteiger partial charge in [0.1, 0.15) is 3.70 Å². The van der Waals surface area contributed by atoms with Gasteiger partial charge >= 0.3 is 0 Å². The minimum Gasteiger partial charge on any atom is -0.454 e. The van der Waals surface area contributed by atoms with E-state index in [4.69, 9.17) is 9.47 Å². The van der Waals surface area contributed by atoms with E-state index in [-0.39, 0.29) is 12.7 Å². The first-order chi connectivity index (χ1) is 20.0. The molecule has 41 heavy (non-hydrogen) atoms. The maximum Gasteiger partial charge on any atom is 0.256 e. The normalized spacial score (nSPS) is 15.1. The van der Waals surface area contributed by atoms with E-state index in [9.17, 15) is 4.79 Å². The largest absolute Gasteiger partial charge is 0.454 e. The Kier molecular flexibility index (Phi) is 6.91. The highest BCUT2D eigenvalue weighted by Gasteiger charge is 2.26. The molecule has 0 aliphatic carbocycles. The molecule has 2 aliphatic rings. The van der Waals surface area contributed by atoms with E-state index < -0.39 is 0 Å². The van der Waals surface area contributed by atoms with E-state index in [1.54, 1.807) is 0 Å². The predicted molar refractivity (Wildman–Crippen MR) is 166 cm³/mol. The Bertz CT molecular complexity index is 1750. The van der Waals surface area contributed by atoms with Gasteiger partial charge in [0.25, 0.3) is 5.91 Å². The molecule has 5 aromatic rings. The fourth-order valence-corrected chi connectivity index (χ4v) is 6.31. The molecule has 1 saturated heterocycles. The number of likely N-dealkylation sites (N-methyl/N-ethyl adjacent to an activating group) is 1. The molecule has 0 N–H and O–H groups in total. The molecule has 0 saturated carbocycles. The van der Waals surface area contributed by atoms with Crippen molar-refractivity contribution in [1.29, 1.82) is 0 Å². The molecule has 2 aromatic heterocycles. The lowest BCUT2D eigenvalue weighted by atomic mass is 9.97. The molecular weight excluding hydrogens is 629 g/mol. The number of fused-ring (bicyclic) bond motifs is 2. The molecule has 0 radical (unpaired) electrons. The van der Waals surface area contributed by atoms with Crippen molar-refractivity contribution in [3.63, 3.8) is 0 Å². The molecule has 208 valence electrons. The van der Waals surface area contributed by atoms with Crippen molar-refractivity contribution in [3.05, 3.63) is 99.9 Å². The van der Waals surface area contributed by atoms with Crippen LogP contribution in [-0.2, 0) is 13.1 Å². The lowest BCUT2D eigenvalue weighted by Gasteiger charge is -2.32. The van der Waals surface area contributed by atoms with E-state index in [0.717, 1.165) is 80.1 Å². The van der Waals surface area contributed by atoms with Crippen molar-refractivity contribution in [2.75, 3.05) is 40.0 Å². The first-order valence-electron chi connectivity index (χ1n) is 13.8. The quantitative estimate of drug-likeness (QED) is 0.231. The Morgan fingerprint density at radius 3 is 2.59 bits per heavy atom. The van der Waals surface area contributed by atoms with Crippen LogP contribution in [0, 0.1) is 3.70 Å². The van der Waals surface area contributed by atoms with Crippen molar-refractivity contribution in [2.24, 2.45) is 0 Å². The molecule has 0 bridgehead atoms. The molecule has 2 aliphatic heterocycles. The molecule has 1 amide bonds. The summed E-state index contributed by atoms with van der Waals surface area (Å²) >= 11 is 2.30. The van der Waals surface area contributed by atoms with Crippen LogP contribution in [0.1, 0.15) is 21.6 Å². The minimum absolute atomic E-state index is 0.0864. The zero-order valence-electron chi connectivity index (χ0n) is 22.8. The van der Waals surface area contributed by atoms with Gasteiger partial charge in [0.15, 0.2) is 11.5 Å². The summed E-state index contributed by atoms with van der Waals surface area (Å²) in [6, 6.07) is 20.7. The standard InChI is InChI=1S/C32H30IN5O3/c1-35-11-13-37(14-12-35)32(39)27-18-36(17-26(27)25-8-4-6-23-5-2-3-7-24(23)25)19-28-31(33)34-20-38(28)16-22-9-10-29-30(15-22)41-21-40-29/h2-10,15,17-18,20H,11-14,16,19,21H2,1H3. The van der Waals surface area contributed by atoms with Crippen LogP contribution in [0.25, 0.3) is 21.9 Å². The van der Waals surface area contributed by atoms with Crippen LogP contribution in [0.15, 0.2) is 79.4 Å². The van der Waals surface area contributed by atoms with Gasteiger partial charge in [0.05, 0.1) is 24.1 Å². The van der Waals surface area contributed by atoms with Crippen LogP contribution < -0.4 is 9.47 Å². The molecule has 8 nitrogen and oxygen atoms in total. The van der Waals surface area contributed by atoms with Gasteiger partial charge in [-0.3, -0.25) is 4.79 Å². The van der Waals surface area contributed by atoms with Crippen LogP contribution in [0.3, 0.4) is 0 Å². The van der Waals surface area contributed by atoms with Crippen LogP contribution in [0.2, 0.25) is 0 Å². The number of hydrogen-bond donors (Lipinski definition) is 0. The molecule has 0 spiro atoms. The number of carbonyl (C=O) groups is 1. The lowest BCUT2D eigenvalue weighted by molar-refractivity contribution is 0.0665. The van der Waals surface area contributed by atoms with Crippen molar-refractivity contribution in [1.82, 2.24) is 23.9 Å². The number of hydrogen-bond acceptors (Lipinski definition) is 5. The fraction of sp³-hybridized carbons (Fsp3) is 0.250. The number of benzene rings is 3. The van der Waals surface area contributed by atoms with Gasteiger partial charge in [0.2, 0.25) is 6.79 Å². The van der Waals surface area contributed by atoms with Gasteiger partial charge < -0.3 is 28.4 Å². The Morgan fingerprint density at radius 1 is 0.902 bits per heavy atom. The number of amides is 1. The highest BCUT2D eigenvalue weighted by molar-refractivity contribution is 14.1. The molecule has 3 aromatic carbocycles. The lowest BCUT2D eigenvalue weighted by Crippen LogP contribution is -2.47. The monoisotopic (exact) mass is 659 g/mol. The second-order valence-electron chi connectivity index (χ2n) is 10.7. The summed E-state index contributed by atoms with van der Waals surface area (Å²) < 4.78 is 16.3. The van der Waals surface area contributed by atoms with Gasteiger partial charge in [-0.25, -0.2) is 4.98 Å². The number of imidazole rings is 1. The van der Waals surface area contributed by atoms with Gasteiger partial charge in [-0.05, 0) is 63.7 Å². The number of halogens is 1. The van der Waals surface area contributed by atoms with Gasteiger partial charge in [0, 0.05) is 50.7 Å². The molecule has 1 fully saturated rings. The summed E-state index contributed by atoms with van der Waals surface area (Å²) in [5.41, 5.74) is 4.97. The SMILES string of the molecule is CN1CCN(C(=O)c2cn(Cc3c(I)ncn3Cc3ccc4c(c3)OCO4)cc2-c2cccc3ccccc23)CC1. The number of piperazine rings is 1. The van der Waals surface area contributed by atoms with Gasteiger partial charge in [-0.1, -0.05) is 48.5 Å². The Morgan fingerprint density at radius 2 is 1.71 bits per heavy atom. The molecule has 7 rings (SSSR count). The first kappa shape index (κ1) is 26.1. The summed E-state index contributed by atoms with van der Waals surface area (Å²) in [6.45, 7) is 4.74. The van der Waals surface area contributed by atoms with E-state index >= 15 is 0 Å². The maximum atomic E-state index is 14.0. The van der Waals surface area contributed by atoms with Crippen molar-refractivity contribution >= 4 is 39.3 Å². The molecule has 0 unspecified atom stereocenters. The number of nitrogens with zero attached hydrogens (tertiary/aromatic N) is 5. The third kappa shape index (κ3) is 5.08. The minimum atomic E-state index is 0.0864. The smallest absolute Gasteiger partial charge is 0.256 e. The first-order valence-corrected chi connectivity index (χ1v) is 14.8. The van der Waals surface area contributed by atoms with Crippen molar-refractivity contribution in [2.45, 2.75) is 13.1 Å². The second kappa shape index (κ2) is 10.9. The average Bonchev–Trinajstić information content (AvgIpc) is 3.72. The molecule has 9 heteroatoms. The van der Waals surface area contributed by atoms with Gasteiger partial charge in [-0.15, -0.1) is 0 Å². The average molecular weight is 660 g/mol. The van der Waals surface area contributed by atoms with Gasteiger partial charge in [-0.2, -0.15) is 0 Å². The topological polar surface area (TPSA) is 64.8 Å². The zero-order chi connectivity index (χ0) is 27.9. The summed E-state index contributed by atoms with van der Waals surface area (Å²) in [7, 11) is 2.11. The van der Waals surface area contributed by atoms with Crippen LogP contribution in [0.4, 0.5) is 0 Å². The number of rotatable bonds is 6. The number of aromatic nitrogens is 3. The summed E-state index contributed by atoms with van der Waals surface area (Å²) in [4.78, 5) is 22.9. The van der Waals surface area contributed by atoms with Crippen molar-refractivity contribution in [3.8, 4) is 22.6 Å². The van der Waals surface area contributed by atoms with E-state index in [2.05, 4.69) is 103 Å². The number of carbonyl (C=O) groups excluding carboxylic acids is 1. The van der Waals surface area contributed by atoms with E-state index in [1.165, 1.54) is 0 Å². The Hall–Kier alpha value is -3.83.